The highest BCUT2D eigenvalue weighted by Crippen LogP contribution is 2.41. The number of thioether (sulfide) groups is 1. The predicted octanol–water partition coefficient (Wildman–Crippen LogP) is 5.09. The Morgan fingerprint density at radius 2 is 1.97 bits per heavy atom. The third-order valence-electron chi connectivity index (χ3n) is 5.26. The van der Waals surface area contributed by atoms with Gasteiger partial charge in [0.05, 0.1) is 17.2 Å². The topological polar surface area (TPSA) is 63.8 Å². The number of benzene rings is 2. The van der Waals surface area contributed by atoms with Gasteiger partial charge in [-0.3, -0.25) is 0 Å². The number of thiazole rings is 1. The van der Waals surface area contributed by atoms with E-state index < -0.39 is 23.2 Å². The zero-order valence-corrected chi connectivity index (χ0v) is 18.5. The van der Waals surface area contributed by atoms with E-state index in [0.29, 0.717) is 5.01 Å². The molecule has 0 amide bonds. The van der Waals surface area contributed by atoms with Gasteiger partial charge in [-0.05, 0) is 24.5 Å². The summed E-state index contributed by atoms with van der Waals surface area (Å²) in [5.41, 5.74) is 0.00370. The Morgan fingerprint density at radius 1 is 1.19 bits per heavy atom. The van der Waals surface area contributed by atoms with Crippen molar-refractivity contribution in [2.24, 2.45) is 0 Å². The molecule has 2 unspecified atom stereocenters. The second-order valence-corrected chi connectivity index (χ2v) is 8.93. The Bertz CT molecular complexity index is 1160. The van der Waals surface area contributed by atoms with Crippen molar-refractivity contribution in [2.45, 2.75) is 29.9 Å². The number of rotatable bonds is 7. The number of nitrogens with zero attached hydrogens (tertiary/aromatic N) is 4. The van der Waals surface area contributed by atoms with E-state index in [1.54, 1.807) is 18.7 Å². The first-order valence-corrected chi connectivity index (χ1v) is 11.6. The lowest BCUT2D eigenvalue weighted by atomic mass is 9.82. The minimum Gasteiger partial charge on any atom is -0.382 e. The van der Waals surface area contributed by atoms with Gasteiger partial charge in [0.15, 0.2) is 0 Å². The molecule has 2 aromatic carbocycles. The number of hydrogen-bond acceptors (Lipinski definition) is 6. The van der Waals surface area contributed by atoms with E-state index in [-0.39, 0.29) is 12.1 Å². The Hall–Kier alpha value is -2.62. The molecule has 0 aliphatic heterocycles. The normalized spacial score (nSPS) is 14.4. The number of hydrogen-bond donors (Lipinski definition) is 1. The van der Waals surface area contributed by atoms with Gasteiger partial charge in [0.2, 0.25) is 0 Å². The Morgan fingerprint density at radius 3 is 2.61 bits per heavy atom. The van der Waals surface area contributed by atoms with Crippen LogP contribution >= 0.6 is 23.1 Å². The summed E-state index contributed by atoms with van der Waals surface area (Å²) in [5.74, 6) is -2.12. The third kappa shape index (κ3) is 4.39. The van der Waals surface area contributed by atoms with Crippen LogP contribution in [0.25, 0.3) is 11.3 Å². The second kappa shape index (κ2) is 8.86. The van der Waals surface area contributed by atoms with Crippen LogP contribution in [0.1, 0.15) is 23.4 Å². The van der Waals surface area contributed by atoms with Crippen LogP contribution in [0.4, 0.5) is 8.78 Å². The highest BCUT2D eigenvalue weighted by molar-refractivity contribution is 7.98. The molecular formula is C22H20F2N4OS2. The molecule has 0 aliphatic rings. The van der Waals surface area contributed by atoms with Crippen molar-refractivity contribution in [1.82, 2.24) is 19.7 Å². The van der Waals surface area contributed by atoms with Gasteiger partial charge < -0.3 is 5.11 Å². The van der Waals surface area contributed by atoms with Gasteiger partial charge in [-0.2, -0.15) is 5.10 Å². The summed E-state index contributed by atoms with van der Waals surface area (Å²) in [5, 5.41) is 18.3. The molecule has 0 radical (unpaired) electrons. The molecule has 2 aromatic heterocycles. The van der Waals surface area contributed by atoms with E-state index in [2.05, 4.69) is 10.1 Å². The lowest BCUT2D eigenvalue weighted by Gasteiger charge is -2.33. The van der Waals surface area contributed by atoms with Crippen molar-refractivity contribution in [2.75, 3.05) is 6.26 Å². The smallest absolute Gasteiger partial charge is 0.137 e. The van der Waals surface area contributed by atoms with E-state index in [9.17, 15) is 13.9 Å². The summed E-state index contributed by atoms with van der Waals surface area (Å²) in [7, 11) is 0. The molecule has 2 atom stereocenters. The summed E-state index contributed by atoms with van der Waals surface area (Å²) in [6.07, 6.45) is 4.80. The fraction of sp³-hybridized carbons (Fsp3) is 0.227. The van der Waals surface area contributed by atoms with Crippen LogP contribution in [-0.2, 0) is 12.1 Å². The molecule has 0 fully saturated rings. The molecule has 4 aromatic rings. The Balaban J connectivity index is 1.72. The van der Waals surface area contributed by atoms with Gasteiger partial charge >= 0.3 is 0 Å². The van der Waals surface area contributed by atoms with Crippen LogP contribution in [0.15, 0.2) is 65.4 Å². The first-order valence-electron chi connectivity index (χ1n) is 9.51. The fourth-order valence-electron chi connectivity index (χ4n) is 3.44. The molecule has 2 heterocycles. The highest BCUT2D eigenvalue weighted by Gasteiger charge is 2.41. The molecule has 0 spiro atoms. The van der Waals surface area contributed by atoms with E-state index in [4.69, 9.17) is 4.98 Å². The summed E-state index contributed by atoms with van der Waals surface area (Å²) >= 11 is 3.05. The van der Waals surface area contributed by atoms with Gasteiger partial charge in [-0.25, -0.2) is 23.4 Å². The van der Waals surface area contributed by atoms with Crippen molar-refractivity contribution < 1.29 is 13.9 Å². The van der Waals surface area contributed by atoms with Crippen LogP contribution in [0.2, 0.25) is 0 Å². The number of aromatic nitrogens is 4. The molecule has 9 heteroatoms. The van der Waals surface area contributed by atoms with Crippen LogP contribution in [-0.4, -0.2) is 31.1 Å². The lowest BCUT2D eigenvalue weighted by Crippen LogP contribution is -2.38. The Labute approximate surface area is 186 Å². The average molecular weight is 459 g/mol. The summed E-state index contributed by atoms with van der Waals surface area (Å²) in [6.45, 7) is 1.72. The monoisotopic (exact) mass is 458 g/mol. The molecule has 0 saturated heterocycles. The van der Waals surface area contributed by atoms with Crippen molar-refractivity contribution in [1.29, 1.82) is 0 Å². The van der Waals surface area contributed by atoms with Crippen LogP contribution in [0.3, 0.4) is 0 Å². The van der Waals surface area contributed by atoms with E-state index in [0.717, 1.165) is 28.3 Å². The van der Waals surface area contributed by atoms with Crippen LogP contribution in [0.5, 0.6) is 0 Å². The number of aliphatic hydroxyl groups is 1. The molecule has 1 N–H and O–H groups in total. The summed E-state index contributed by atoms with van der Waals surface area (Å²) in [4.78, 5) is 9.77. The van der Waals surface area contributed by atoms with Gasteiger partial charge in [-0.1, -0.05) is 25.1 Å². The van der Waals surface area contributed by atoms with Crippen molar-refractivity contribution in [3.8, 4) is 11.3 Å². The van der Waals surface area contributed by atoms with E-state index in [1.807, 2.05) is 35.9 Å². The summed E-state index contributed by atoms with van der Waals surface area (Å²) < 4.78 is 29.7. The van der Waals surface area contributed by atoms with Crippen LogP contribution in [0, 0.1) is 11.6 Å². The molecule has 0 saturated carbocycles. The maximum atomic E-state index is 14.7. The Kier molecular flexibility index (Phi) is 6.17. The van der Waals surface area contributed by atoms with Crippen molar-refractivity contribution in [3.63, 3.8) is 0 Å². The largest absolute Gasteiger partial charge is 0.382 e. The van der Waals surface area contributed by atoms with Gasteiger partial charge in [-0.15, -0.1) is 23.1 Å². The van der Waals surface area contributed by atoms with Gasteiger partial charge in [0.1, 0.15) is 29.9 Å². The summed E-state index contributed by atoms with van der Waals surface area (Å²) in [6, 6.07) is 11.2. The van der Waals surface area contributed by atoms with Crippen LogP contribution < -0.4 is 0 Å². The molecule has 0 aliphatic carbocycles. The van der Waals surface area contributed by atoms with E-state index in [1.165, 1.54) is 34.7 Å². The standard InChI is InChI=1S/C22H20F2N4OS2/c1-14(21-27-20(10-31-21)15-3-6-17(30-2)7-4-15)22(29,11-28-13-25-12-26-28)18-8-5-16(23)9-19(18)24/h3-10,12-14,29H,11H2,1-2H3. The average Bonchev–Trinajstić information content (AvgIpc) is 3.45. The van der Waals surface area contributed by atoms with Gasteiger partial charge in [0.25, 0.3) is 0 Å². The van der Waals surface area contributed by atoms with E-state index >= 15 is 0 Å². The first kappa shape index (κ1) is 21.6. The maximum absolute atomic E-state index is 14.7. The lowest BCUT2D eigenvalue weighted by molar-refractivity contribution is -0.0112. The SMILES string of the molecule is CSc1ccc(-c2csc(C(C)C(O)(Cn3cncn3)c3ccc(F)cc3F)n2)cc1. The zero-order chi connectivity index (χ0) is 22.0. The quantitative estimate of drug-likeness (QED) is 0.391. The first-order chi connectivity index (χ1) is 14.9. The molecule has 160 valence electrons. The second-order valence-electron chi connectivity index (χ2n) is 7.16. The predicted molar refractivity (Wildman–Crippen MR) is 118 cm³/mol. The fourth-order valence-corrected chi connectivity index (χ4v) is 4.82. The molecule has 0 bridgehead atoms. The number of halogens is 2. The molecule has 5 nitrogen and oxygen atoms in total. The van der Waals surface area contributed by atoms with Crippen molar-refractivity contribution in [3.05, 3.63) is 82.7 Å². The maximum Gasteiger partial charge on any atom is 0.137 e. The van der Waals surface area contributed by atoms with Crippen molar-refractivity contribution >= 4 is 23.1 Å². The molecule has 4 rings (SSSR count). The minimum absolute atomic E-state index is 0.0158. The zero-order valence-electron chi connectivity index (χ0n) is 16.9. The third-order valence-corrected chi connectivity index (χ3v) is 7.03. The highest BCUT2D eigenvalue weighted by atomic mass is 32.2. The van der Waals surface area contributed by atoms with Gasteiger partial charge in [0, 0.05) is 33.4 Å². The minimum atomic E-state index is -1.72. The molecular weight excluding hydrogens is 438 g/mol. The molecule has 31 heavy (non-hydrogen) atoms.